The smallest absolute Gasteiger partial charge is 0.0175 e. The van der Waals surface area contributed by atoms with Crippen LogP contribution in [0.25, 0.3) is 0 Å². The molecule has 1 N–H and O–H groups in total. The minimum Gasteiger partial charge on any atom is -0.313 e. The van der Waals surface area contributed by atoms with Crippen LogP contribution in [0.2, 0.25) is 0 Å². The molecule has 1 nitrogen and oxygen atoms in total. The summed E-state index contributed by atoms with van der Waals surface area (Å²) in [6, 6.07) is 9.86. The first-order valence-corrected chi connectivity index (χ1v) is 8.07. The van der Waals surface area contributed by atoms with Crippen molar-refractivity contribution in [1.29, 1.82) is 0 Å². The monoisotopic (exact) mass is 307 g/mol. The van der Waals surface area contributed by atoms with E-state index in [1.165, 1.54) is 56.0 Å². The summed E-state index contributed by atoms with van der Waals surface area (Å²) in [4.78, 5) is 0. The van der Waals surface area contributed by atoms with E-state index < -0.39 is 0 Å². The fourth-order valence-corrected chi connectivity index (χ4v) is 3.49. The van der Waals surface area contributed by atoms with Gasteiger partial charge in [-0.15, -0.1) is 0 Å². The van der Waals surface area contributed by atoms with Crippen LogP contribution in [0.1, 0.15) is 50.5 Å². The highest BCUT2D eigenvalue weighted by Gasteiger charge is 2.35. The number of hydrogen-bond acceptors (Lipinski definition) is 1. The van der Waals surface area contributed by atoms with Crippen molar-refractivity contribution in [3.05, 3.63) is 34.3 Å². The van der Waals surface area contributed by atoms with E-state index in [0.29, 0.717) is 5.41 Å². The molecule has 1 aromatic rings. The lowest BCUT2D eigenvalue weighted by atomic mass is 9.69. The summed E-state index contributed by atoms with van der Waals surface area (Å²) >= 11 is 3.54. The Morgan fingerprint density at radius 2 is 1.72 bits per heavy atom. The zero-order valence-corrected chi connectivity index (χ0v) is 12.5. The van der Waals surface area contributed by atoms with E-state index in [-0.39, 0.29) is 0 Å². The third-order valence-corrected chi connectivity index (χ3v) is 5.10. The molecule has 0 bridgehead atoms. The minimum atomic E-state index is 0.404. The molecule has 0 spiro atoms. The van der Waals surface area contributed by atoms with Gasteiger partial charge in [-0.3, -0.25) is 0 Å². The standard InChI is InChI=1S/C16H22BrN/c17-14-6-4-13(5-7-14)16(10-2-1-3-11-16)12-18-15-8-9-15/h4-7,15,18H,1-3,8-12H2. The number of nitrogens with one attached hydrogen (secondary N) is 1. The molecule has 3 rings (SSSR count). The van der Waals surface area contributed by atoms with Gasteiger partial charge in [0.15, 0.2) is 0 Å². The summed E-state index contributed by atoms with van der Waals surface area (Å²) in [5.41, 5.74) is 1.94. The number of rotatable bonds is 4. The molecule has 18 heavy (non-hydrogen) atoms. The minimum absolute atomic E-state index is 0.404. The topological polar surface area (TPSA) is 12.0 Å². The predicted molar refractivity (Wildman–Crippen MR) is 79.9 cm³/mol. The van der Waals surface area contributed by atoms with Crippen molar-refractivity contribution in [1.82, 2.24) is 5.32 Å². The van der Waals surface area contributed by atoms with E-state index in [9.17, 15) is 0 Å². The normalized spacial score (nSPS) is 22.9. The van der Waals surface area contributed by atoms with Crippen LogP contribution < -0.4 is 5.32 Å². The molecule has 2 aliphatic carbocycles. The first-order valence-electron chi connectivity index (χ1n) is 7.28. The Hall–Kier alpha value is -0.340. The van der Waals surface area contributed by atoms with Crippen LogP contribution >= 0.6 is 15.9 Å². The van der Waals surface area contributed by atoms with Crippen LogP contribution in [0.4, 0.5) is 0 Å². The van der Waals surface area contributed by atoms with Crippen molar-refractivity contribution in [3.63, 3.8) is 0 Å². The summed E-state index contributed by atoms with van der Waals surface area (Å²) < 4.78 is 1.19. The van der Waals surface area contributed by atoms with Crippen LogP contribution in [0, 0.1) is 0 Å². The lowest BCUT2D eigenvalue weighted by Crippen LogP contribution is -2.40. The van der Waals surface area contributed by atoms with E-state index in [4.69, 9.17) is 0 Å². The molecule has 0 saturated heterocycles. The second kappa shape index (κ2) is 5.34. The van der Waals surface area contributed by atoms with Gasteiger partial charge in [0.1, 0.15) is 0 Å². The van der Waals surface area contributed by atoms with Gasteiger partial charge in [0.25, 0.3) is 0 Å². The molecule has 0 aliphatic heterocycles. The van der Waals surface area contributed by atoms with Gasteiger partial charge < -0.3 is 5.32 Å². The molecule has 2 fully saturated rings. The van der Waals surface area contributed by atoms with Crippen molar-refractivity contribution in [2.45, 2.75) is 56.4 Å². The van der Waals surface area contributed by atoms with E-state index in [1.807, 2.05) is 0 Å². The fourth-order valence-electron chi connectivity index (χ4n) is 3.23. The van der Waals surface area contributed by atoms with Gasteiger partial charge in [-0.1, -0.05) is 47.3 Å². The maximum Gasteiger partial charge on any atom is 0.0175 e. The molecule has 98 valence electrons. The maximum absolute atomic E-state index is 3.77. The SMILES string of the molecule is Brc1ccc(C2(CNC3CC3)CCCCC2)cc1. The summed E-state index contributed by atoms with van der Waals surface area (Å²) in [5, 5.41) is 3.77. The predicted octanol–water partition coefficient (Wildman–Crippen LogP) is 4.40. The average molecular weight is 308 g/mol. The molecule has 0 aromatic heterocycles. The highest BCUT2D eigenvalue weighted by molar-refractivity contribution is 9.10. The molecule has 2 aliphatic rings. The second-order valence-electron chi connectivity index (χ2n) is 6.00. The maximum atomic E-state index is 3.77. The van der Waals surface area contributed by atoms with Crippen LogP contribution in [-0.2, 0) is 5.41 Å². The quantitative estimate of drug-likeness (QED) is 0.869. The lowest BCUT2D eigenvalue weighted by Gasteiger charge is -2.38. The van der Waals surface area contributed by atoms with E-state index in [1.54, 1.807) is 5.56 Å². The molecule has 2 saturated carbocycles. The Labute approximate surface area is 118 Å². The molecule has 1 aromatic carbocycles. The Morgan fingerprint density at radius 1 is 1.06 bits per heavy atom. The Morgan fingerprint density at radius 3 is 2.33 bits per heavy atom. The first kappa shape index (κ1) is 12.7. The van der Waals surface area contributed by atoms with Crippen molar-refractivity contribution in [2.24, 2.45) is 0 Å². The van der Waals surface area contributed by atoms with Crippen LogP contribution in [0.5, 0.6) is 0 Å². The average Bonchev–Trinajstić information content (AvgIpc) is 3.22. The van der Waals surface area contributed by atoms with Crippen molar-refractivity contribution in [3.8, 4) is 0 Å². The summed E-state index contributed by atoms with van der Waals surface area (Å²) in [6.07, 6.45) is 9.68. The number of halogens is 1. The third kappa shape index (κ3) is 2.80. The van der Waals surface area contributed by atoms with Crippen LogP contribution in [0.3, 0.4) is 0 Å². The van der Waals surface area contributed by atoms with E-state index >= 15 is 0 Å². The molecular weight excluding hydrogens is 286 g/mol. The Kier molecular flexibility index (Phi) is 3.76. The van der Waals surface area contributed by atoms with Crippen molar-refractivity contribution in [2.75, 3.05) is 6.54 Å². The summed E-state index contributed by atoms with van der Waals surface area (Å²) in [5.74, 6) is 0. The van der Waals surface area contributed by atoms with Crippen LogP contribution in [0.15, 0.2) is 28.7 Å². The van der Waals surface area contributed by atoms with Gasteiger partial charge in [0, 0.05) is 22.5 Å². The molecule has 0 heterocycles. The van der Waals surface area contributed by atoms with Crippen LogP contribution in [-0.4, -0.2) is 12.6 Å². The number of hydrogen-bond donors (Lipinski definition) is 1. The molecule has 0 atom stereocenters. The lowest BCUT2D eigenvalue weighted by molar-refractivity contribution is 0.279. The van der Waals surface area contributed by atoms with E-state index in [2.05, 4.69) is 45.5 Å². The van der Waals surface area contributed by atoms with Gasteiger partial charge in [-0.2, -0.15) is 0 Å². The van der Waals surface area contributed by atoms with Gasteiger partial charge >= 0.3 is 0 Å². The Bertz CT molecular complexity index is 388. The largest absolute Gasteiger partial charge is 0.313 e. The highest BCUT2D eigenvalue weighted by atomic mass is 79.9. The third-order valence-electron chi connectivity index (χ3n) is 4.57. The fraction of sp³-hybridized carbons (Fsp3) is 0.625. The molecule has 0 radical (unpaired) electrons. The molecule has 0 unspecified atom stereocenters. The first-order chi connectivity index (χ1) is 8.78. The summed E-state index contributed by atoms with van der Waals surface area (Å²) in [7, 11) is 0. The zero-order valence-electron chi connectivity index (χ0n) is 10.9. The van der Waals surface area contributed by atoms with E-state index in [0.717, 1.165) is 6.04 Å². The number of benzene rings is 1. The van der Waals surface area contributed by atoms with Gasteiger partial charge in [-0.05, 0) is 43.4 Å². The Balaban J connectivity index is 1.80. The van der Waals surface area contributed by atoms with Crippen molar-refractivity contribution >= 4 is 15.9 Å². The molecular formula is C16H22BrN. The second-order valence-corrected chi connectivity index (χ2v) is 6.92. The van der Waals surface area contributed by atoms with Gasteiger partial charge in [0.2, 0.25) is 0 Å². The van der Waals surface area contributed by atoms with Gasteiger partial charge in [-0.25, -0.2) is 0 Å². The zero-order chi connectivity index (χ0) is 12.4. The van der Waals surface area contributed by atoms with Gasteiger partial charge in [0.05, 0.1) is 0 Å². The molecule has 2 heteroatoms. The van der Waals surface area contributed by atoms with Crippen molar-refractivity contribution < 1.29 is 0 Å². The highest BCUT2D eigenvalue weighted by Crippen LogP contribution is 2.40. The molecule has 0 amide bonds. The summed E-state index contributed by atoms with van der Waals surface area (Å²) in [6.45, 7) is 1.18.